The third-order valence-electron chi connectivity index (χ3n) is 3.02. The van der Waals surface area contributed by atoms with Crippen molar-refractivity contribution in [3.05, 3.63) is 53.3 Å². The van der Waals surface area contributed by atoms with Crippen molar-refractivity contribution in [3.8, 4) is 11.5 Å². The second kappa shape index (κ2) is 5.71. The standard InChI is InChI=1S/C15H18N2O2/c1-10-6-12(9-17-8-10)15(16)11-4-5-13(18-2)14(7-11)19-3/h4-9,15H,16H2,1-3H3. The van der Waals surface area contributed by atoms with Crippen LogP contribution in [0.3, 0.4) is 0 Å². The van der Waals surface area contributed by atoms with E-state index >= 15 is 0 Å². The number of ether oxygens (including phenoxy) is 2. The van der Waals surface area contributed by atoms with Crippen LogP contribution in [0.1, 0.15) is 22.7 Å². The minimum atomic E-state index is -0.229. The molecule has 100 valence electrons. The molecule has 2 N–H and O–H groups in total. The Labute approximate surface area is 113 Å². The quantitative estimate of drug-likeness (QED) is 0.915. The first-order chi connectivity index (χ1) is 9.15. The SMILES string of the molecule is COc1ccc(C(N)c2cncc(C)c2)cc1OC. The van der Waals surface area contributed by atoms with E-state index in [-0.39, 0.29) is 6.04 Å². The third-order valence-corrected chi connectivity index (χ3v) is 3.02. The van der Waals surface area contributed by atoms with Gasteiger partial charge in [0.25, 0.3) is 0 Å². The fourth-order valence-corrected chi connectivity index (χ4v) is 1.99. The zero-order valence-electron chi connectivity index (χ0n) is 11.4. The van der Waals surface area contributed by atoms with Crippen LogP contribution in [0.25, 0.3) is 0 Å². The molecule has 0 fully saturated rings. The molecule has 2 aromatic rings. The molecule has 2 rings (SSSR count). The maximum Gasteiger partial charge on any atom is 0.161 e. The van der Waals surface area contributed by atoms with E-state index in [1.165, 1.54) is 0 Å². The lowest BCUT2D eigenvalue weighted by molar-refractivity contribution is 0.354. The summed E-state index contributed by atoms with van der Waals surface area (Å²) in [7, 11) is 3.23. The number of methoxy groups -OCH3 is 2. The zero-order valence-corrected chi connectivity index (χ0v) is 11.4. The van der Waals surface area contributed by atoms with Crippen molar-refractivity contribution in [2.24, 2.45) is 5.73 Å². The normalized spacial score (nSPS) is 12.0. The number of aromatic nitrogens is 1. The topological polar surface area (TPSA) is 57.4 Å². The summed E-state index contributed by atoms with van der Waals surface area (Å²) in [6.45, 7) is 2.00. The summed E-state index contributed by atoms with van der Waals surface area (Å²) >= 11 is 0. The fraction of sp³-hybridized carbons (Fsp3) is 0.267. The van der Waals surface area contributed by atoms with Gasteiger partial charge >= 0.3 is 0 Å². The van der Waals surface area contributed by atoms with Gasteiger partial charge < -0.3 is 15.2 Å². The molecule has 1 heterocycles. The highest BCUT2D eigenvalue weighted by molar-refractivity contribution is 5.45. The molecular formula is C15H18N2O2. The number of nitrogens with zero attached hydrogens (tertiary/aromatic N) is 1. The van der Waals surface area contributed by atoms with Crippen molar-refractivity contribution >= 4 is 0 Å². The average Bonchev–Trinajstić information content (AvgIpc) is 2.45. The maximum atomic E-state index is 6.26. The van der Waals surface area contributed by atoms with Gasteiger partial charge in [0.2, 0.25) is 0 Å². The lowest BCUT2D eigenvalue weighted by Crippen LogP contribution is -2.12. The summed E-state index contributed by atoms with van der Waals surface area (Å²) < 4.78 is 10.5. The molecule has 0 saturated carbocycles. The Morgan fingerprint density at radius 2 is 1.74 bits per heavy atom. The molecule has 0 aliphatic rings. The molecule has 0 aliphatic heterocycles. The molecule has 1 aromatic carbocycles. The minimum absolute atomic E-state index is 0.229. The fourth-order valence-electron chi connectivity index (χ4n) is 1.99. The lowest BCUT2D eigenvalue weighted by atomic mass is 10.00. The summed E-state index contributed by atoms with van der Waals surface area (Å²) in [6.07, 6.45) is 3.60. The molecule has 1 unspecified atom stereocenters. The molecule has 1 aromatic heterocycles. The molecule has 1 atom stereocenters. The van der Waals surface area contributed by atoms with Crippen LogP contribution in [0.5, 0.6) is 11.5 Å². The van der Waals surface area contributed by atoms with Crippen LogP contribution in [0.15, 0.2) is 36.7 Å². The molecular weight excluding hydrogens is 240 g/mol. The van der Waals surface area contributed by atoms with E-state index in [1.54, 1.807) is 20.4 Å². The van der Waals surface area contributed by atoms with Crippen LogP contribution in [0.4, 0.5) is 0 Å². The highest BCUT2D eigenvalue weighted by atomic mass is 16.5. The van der Waals surface area contributed by atoms with Crippen LogP contribution in [0.2, 0.25) is 0 Å². The summed E-state index contributed by atoms with van der Waals surface area (Å²) in [5.74, 6) is 1.37. The number of nitrogens with two attached hydrogens (primary N) is 1. The van der Waals surface area contributed by atoms with Crippen LogP contribution >= 0.6 is 0 Å². The van der Waals surface area contributed by atoms with Gasteiger partial charge in [-0.25, -0.2) is 0 Å². The first kappa shape index (κ1) is 13.4. The van der Waals surface area contributed by atoms with Crippen molar-refractivity contribution in [1.29, 1.82) is 0 Å². The van der Waals surface area contributed by atoms with E-state index in [2.05, 4.69) is 4.98 Å². The highest BCUT2D eigenvalue weighted by Crippen LogP contribution is 2.31. The molecule has 4 nitrogen and oxygen atoms in total. The Kier molecular flexibility index (Phi) is 4.02. The van der Waals surface area contributed by atoms with E-state index in [0.29, 0.717) is 11.5 Å². The smallest absolute Gasteiger partial charge is 0.161 e. The predicted molar refractivity (Wildman–Crippen MR) is 74.6 cm³/mol. The Bertz CT molecular complexity index is 570. The van der Waals surface area contributed by atoms with Gasteiger partial charge in [-0.15, -0.1) is 0 Å². The number of benzene rings is 1. The van der Waals surface area contributed by atoms with Gasteiger partial charge in [-0.3, -0.25) is 4.98 Å². The van der Waals surface area contributed by atoms with Gasteiger partial charge in [0.05, 0.1) is 20.3 Å². The Morgan fingerprint density at radius 3 is 2.37 bits per heavy atom. The molecule has 0 radical (unpaired) electrons. The zero-order chi connectivity index (χ0) is 13.8. The van der Waals surface area contributed by atoms with Crippen LogP contribution in [0, 0.1) is 6.92 Å². The first-order valence-corrected chi connectivity index (χ1v) is 6.04. The molecule has 0 bridgehead atoms. The van der Waals surface area contributed by atoms with Gasteiger partial charge in [0.15, 0.2) is 11.5 Å². The van der Waals surface area contributed by atoms with E-state index in [9.17, 15) is 0 Å². The number of pyridine rings is 1. The number of rotatable bonds is 4. The van der Waals surface area contributed by atoms with Crippen molar-refractivity contribution < 1.29 is 9.47 Å². The number of hydrogen-bond donors (Lipinski definition) is 1. The highest BCUT2D eigenvalue weighted by Gasteiger charge is 2.12. The minimum Gasteiger partial charge on any atom is -0.493 e. The van der Waals surface area contributed by atoms with Crippen LogP contribution in [-0.4, -0.2) is 19.2 Å². The molecule has 0 spiro atoms. The van der Waals surface area contributed by atoms with Crippen LogP contribution in [-0.2, 0) is 0 Å². The predicted octanol–water partition coefficient (Wildman–Crippen LogP) is 2.46. The number of hydrogen-bond acceptors (Lipinski definition) is 4. The van der Waals surface area contributed by atoms with Gasteiger partial charge in [-0.1, -0.05) is 12.1 Å². The molecule has 0 aliphatic carbocycles. The third kappa shape index (κ3) is 2.85. The van der Waals surface area contributed by atoms with Gasteiger partial charge in [0.1, 0.15) is 0 Å². The molecule has 0 amide bonds. The van der Waals surface area contributed by atoms with Crippen molar-refractivity contribution in [1.82, 2.24) is 4.98 Å². The maximum absolute atomic E-state index is 6.26. The molecule has 0 saturated heterocycles. The van der Waals surface area contributed by atoms with Crippen molar-refractivity contribution in [2.45, 2.75) is 13.0 Å². The largest absolute Gasteiger partial charge is 0.493 e. The first-order valence-electron chi connectivity index (χ1n) is 6.04. The Balaban J connectivity index is 2.36. The van der Waals surface area contributed by atoms with E-state index < -0.39 is 0 Å². The summed E-state index contributed by atoms with van der Waals surface area (Å²) in [5.41, 5.74) is 9.30. The summed E-state index contributed by atoms with van der Waals surface area (Å²) in [4.78, 5) is 4.17. The second-order valence-corrected chi connectivity index (χ2v) is 4.39. The Morgan fingerprint density at radius 1 is 1.00 bits per heavy atom. The van der Waals surface area contributed by atoms with Gasteiger partial charge in [-0.05, 0) is 35.7 Å². The van der Waals surface area contributed by atoms with Crippen LogP contribution < -0.4 is 15.2 Å². The van der Waals surface area contributed by atoms with E-state index in [0.717, 1.165) is 16.7 Å². The lowest BCUT2D eigenvalue weighted by Gasteiger charge is -2.15. The van der Waals surface area contributed by atoms with Gasteiger partial charge in [0, 0.05) is 12.4 Å². The van der Waals surface area contributed by atoms with Crippen molar-refractivity contribution in [2.75, 3.05) is 14.2 Å². The van der Waals surface area contributed by atoms with Gasteiger partial charge in [-0.2, -0.15) is 0 Å². The molecule has 19 heavy (non-hydrogen) atoms. The summed E-state index contributed by atoms with van der Waals surface area (Å²) in [5, 5.41) is 0. The van der Waals surface area contributed by atoms with E-state index in [1.807, 2.05) is 37.4 Å². The van der Waals surface area contributed by atoms with E-state index in [4.69, 9.17) is 15.2 Å². The second-order valence-electron chi connectivity index (χ2n) is 4.39. The summed E-state index contributed by atoms with van der Waals surface area (Å²) in [6, 6.07) is 7.50. The average molecular weight is 258 g/mol. The van der Waals surface area contributed by atoms with Crippen molar-refractivity contribution in [3.63, 3.8) is 0 Å². The number of aryl methyl sites for hydroxylation is 1. The molecule has 4 heteroatoms. The Hall–Kier alpha value is -2.07. The monoisotopic (exact) mass is 258 g/mol.